The average molecular weight is 541 g/mol. The minimum atomic E-state index is -4.11. The smallest absolute Gasteiger partial charge is 0.410 e. The van der Waals surface area contributed by atoms with Crippen LogP contribution < -0.4 is 0 Å². The first kappa shape index (κ1) is 25.5. The van der Waals surface area contributed by atoms with Crippen LogP contribution in [0.15, 0.2) is 35.5 Å². The molecular weight excluding hydrogens is 515 g/mol. The predicted molar refractivity (Wildman–Crippen MR) is 123 cm³/mol. The quantitative estimate of drug-likeness (QED) is 0.401. The molecule has 0 spiro atoms. The zero-order valence-corrected chi connectivity index (χ0v) is 20.6. The van der Waals surface area contributed by atoms with E-state index in [1.54, 1.807) is 13.0 Å². The van der Waals surface area contributed by atoms with Crippen molar-refractivity contribution in [2.75, 3.05) is 32.8 Å². The van der Waals surface area contributed by atoms with Crippen LogP contribution in [0.5, 0.6) is 0 Å². The van der Waals surface area contributed by atoms with Gasteiger partial charge in [-0.2, -0.15) is 4.31 Å². The monoisotopic (exact) mass is 540 g/mol. The van der Waals surface area contributed by atoms with E-state index in [2.05, 4.69) is 9.82 Å². The van der Waals surface area contributed by atoms with Gasteiger partial charge in [-0.25, -0.2) is 17.6 Å². The van der Waals surface area contributed by atoms with Crippen molar-refractivity contribution >= 4 is 26.9 Å². The normalized spacial score (nSPS) is 28.6. The lowest BCUT2D eigenvalue weighted by atomic mass is 10.1. The molecule has 2 aromatic rings. The van der Waals surface area contributed by atoms with E-state index >= 15 is 0 Å². The van der Waals surface area contributed by atoms with Gasteiger partial charge in [0.2, 0.25) is 10.0 Å². The van der Waals surface area contributed by atoms with Gasteiger partial charge in [0.1, 0.15) is 12.2 Å². The van der Waals surface area contributed by atoms with Crippen molar-refractivity contribution in [3.8, 4) is 0 Å². The number of hydrogen-bond acceptors (Lipinski definition) is 10. The van der Waals surface area contributed by atoms with Crippen molar-refractivity contribution < 1.29 is 41.7 Å². The van der Waals surface area contributed by atoms with Gasteiger partial charge >= 0.3 is 6.09 Å². The number of pyridine rings is 1. The third-order valence-corrected chi connectivity index (χ3v) is 8.82. The molecule has 3 aliphatic rings. The number of carbonyl (C=O) groups is 1. The maximum atomic E-state index is 14.6. The third kappa shape index (κ3) is 4.79. The maximum absolute atomic E-state index is 14.6. The minimum Gasteiger partial charge on any atom is -0.441 e. The highest BCUT2D eigenvalue weighted by Gasteiger charge is 2.51. The van der Waals surface area contributed by atoms with Crippen LogP contribution in [0.4, 0.5) is 9.18 Å². The second kappa shape index (κ2) is 9.96. The van der Waals surface area contributed by atoms with Gasteiger partial charge in [0.05, 0.1) is 24.3 Å². The van der Waals surface area contributed by atoms with Gasteiger partial charge in [-0.3, -0.25) is 4.98 Å². The predicted octanol–water partition coefficient (Wildman–Crippen LogP) is 1.34. The minimum absolute atomic E-state index is 0.00987. The van der Waals surface area contributed by atoms with Crippen LogP contribution in [0, 0.1) is 15.9 Å². The summed E-state index contributed by atoms with van der Waals surface area (Å²) in [5, 5.41) is 10.1. The Labute approximate surface area is 211 Å². The third-order valence-electron chi connectivity index (χ3n) is 6.76. The topological polar surface area (TPSA) is 151 Å². The van der Waals surface area contributed by atoms with Gasteiger partial charge in [-0.15, -0.1) is 10.1 Å². The standard InChI is InChI=1S/C22H25FN4O9S/c1-13-10-25(22(28)35-16-11-33-21-17(36-27(29)30)12-34-20(16)21)6-3-7-26(13)37(31,32)18-5-2-4-14-8-24-9-15(23)19(14)18/h2,4-5,8-9,13,16-17,20-21H,3,6-7,10-12H2,1H3/t13-,16+,17-,20+,21+/m0/s1. The summed E-state index contributed by atoms with van der Waals surface area (Å²) in [6.45, 7) is 1.99. The van der Waals surface area contributed by atoms with Crippen LogP contribution in [0.25, 0.3) is 10.8 Å². The van der Waals surface area contributed by atoms with Crippen molar-refractivity contribution in [2.24, 2.45) is 0 Å². The summed E-state index contributed by atoms with van der Waals surface area (Å²) in [4.78, 5) is 33.2. The molecule has 1 aromatic heterocycles. The Morgan fingerprint density at radius 2 is 1.92 bits per heavy atom. The molecule has 3 aliphatic heterocycles. The van der Waals surface area contributed by atoms with Gasteiger partial charge in [-0.05, 0) is 19.4 Å². The fourth-order valence-corrected chi connectivity index (χ4v) is 6.98. The lowest BCUT2D eigenvalue weighted by molar-refractivity contribution is -0.769. The molecule has 0 saturated carbocycles. The second-order valence-corrected chi connectivity index (χ2v) is 11.0. The highest BCUT2D eigenvalue weighted by Crippen LogP contribution is 2.32. The van der Waals surface area contributed by atoms with Gasteiger partial charge in [0.15, 0.2) is 18.0 Å². The van der Waals surface area contributed by atoms with E-state index in [9.17, 15) is 27.7 Å². The van der Waals surface area contributed by atoms with E-state index in [-0.39, 0.29) is 43.1 Å². The molecule has 0 N–H and O–H groups in total. The molecule has 1 amide bonds. The highest BCUT2D eigenvalue weighted by atomic mass is 32.2. The molecule has 13 nitrogen and oxygen atoms in total. The first-order valence-corrected chi connectivity index (χ1v) is 13.1. The number of benzene rings is 1. The van der Waals surface area contributed by atoms with Gasteiger partial charge in [-0.1, -0.05) is 12.1 Å². The molecule has 37 heavy (non-hydrogen) atoms. The van der Waals surface area contributed by atoms with Gasteiger partial charge < -0.3 is 23.9 Å². The molecule has 3 fully saturated rings. The second-order valence-electron chi connectivity index (χ2n) is 9.13. The van der Waals surface area contributed by atoms with E-state index < -0.39 is 57.5 Å². The summed E-state index contributed by atoms with van der Waals surface area (Å²) in [6, 6.07) is 3.85. The Hall–Kier alpha value is -3.14. The van der Waals surface area contributed by atoms with E-state index in [1.165, 1.54) is 27.5 Å². The molecular formula is C22H25FN4O9S. The molecule has 3 saturated heterocycles. The molecule has 5 rings (SSSR count). The van der Waals surface area contributed by atoms with Gasteiger partial charge in [0, 0.05) is 42.6 Å². The van der Waals surface area contributed by atoms with Crippen LogP contribution in [-0.4, -0.2) is 97.1 Å². The summed E-state index contributed by atoms with van der Waals surface area (Å²) in [5.41, 5.74) is 0. The molecule has 1 aromatic carbocycles. The van der Waals surface area contributed by atoms with Crippen molar-refractivity contribution in [2.45, 2.75) is 48.7 Å². The largest absolute Gasteiger partial charge is 0.441 e. The first-order chi connectivity index (χ1) is 17.7. The van der Waals surface area contributed by atoms with Gasteiger partial charge in [0.25, 0.3) is 5.09 Å². The Morgan fingerprint density at radius 3 is 2.68 bits per heavy atom. The number of nitrogens with zero attached hydrogens (tertiary/aromatic N) is 4. The number of aromatic nitrogens is 1. The summed E-state index contributed by atoms with van der Waals surface area (Å²) in [5.74, 6) is -0.735. The molecule has 0 aliphatic carbocycles. The lowest BCUT2D eigenvalue weighted by Crippen LogP contribution is -2.45. The highest BCUT2D eigenvalue weighted by molar-refractivity contribution is 7.89. The van der Waals surface area contributed by atoms with E-state index in [0.29, 0.717) is 11.8 Å². The van der Waals surface area contributed by atoms with E-state index in [4.69, 9.17) is 14.2 Å². The Kier molecular flexibility index (Phi) is 6.87. The SMILES string of the molecule is C[C@H]1CN(C(=O)O[C@@H]2CO[C@H]3[C@@H]2OC[C@@H]3O[N+](=O)[O-])CCCN1S(=O)(=O)c1cccc2cncc(F)c12. The molecule has 4 heterocycles. The molecule has 0 unspecified atom stereocenters. The van der Waals surface area contributed by atoms with Crippen LogP contribution >= 0.6 is 0 Å². The van der Waals surface area contributed by atoms with Crippen molar-refractivity contribution in [1.82, 2.24) is 14.2 Å². The Bertz CT molecular complexity index is 1310. The lowest BCUT2D eigenvalue weighted by Gasteiger charge is -2.29. The number of hydrogen-bond donors (Lipinski definition) is 0. The van der Waals surface area contributed by atoms with Crippen molar-refractivity contribution in [1.29, 1.82) is 0 Å². The number of rotatable bonds is 5. The first-order valence-electron chi connectivity index (χ1n) is 11.7. The molecule has 0 radical (unpaired) electrons. The van der Waals surface area contributed by atoms with Crippen molar-refractivity contribution in [3.05, 3.63) is 46.5 Å². The van der Waals surface area contributed by atoms with E-state index in [0.717, 1.165) is 6.20 Å². The van der Waals surface area contributed by atoms with Crippen LogP contribution in [0.1, 0.15) is 13.3 Å². The molecule has 5 atom stereocenters. The molecule has 0 bridgehead atoms. The van der Waals surface area contributed by atoms with Crippen LogP contribution in [0.2, 0.25) is 0 Å². The Balaban J connectivity index is 1.28. The molecule has 200 valence electrons. The number of ether oxygens (including phenoxy) is 3. The fraction of sp³-hybridized carbons (Fsp3) is 0.545. The fourth-order valence-electron chi connectivity index (χ4n) is 5.10. The van der Waals surface area contributed by atoms with Crippen LogP contribution in [-0.2, 0) is 29.1 Å². The van der Waals surface area contributed by atoms with Crippen molar-refractivity contribution in [3.63, 3.8) is 0 Å². The zero-order valence-electron chi connectivity index (χ0n) is 19.8. The molecule has 15 heteroatoms. The zero-order chi connectivity index (χ0) is 26.3. The number of halogens is 1. The van der Waals surface area contributed by atoms with Crippen LogP contribution in [0.3, 0.4) is 0 Å². The van der Waals surface area contributed by atoms with E-state index in [1.807, 2.05) is 0 Å². The number of fused-ring (bicyclic) bond motifs is 2. The summed E-state index contributed by atoms with van der Waals surface area (Å²) < 4.78 is 59.7. The summed E-state index contributed by atoms with van der Waals surface area (Å²) in [6.07, 6.45) is -1.10. The summed E-state index contributed by atoms with van der Waals surface area (Å²) >= 11 is 0. The average Bonchev–Trinajstić information content (AvgIpc) is 3.36. The maximum Gasteiger partial charge on any atom is 0.410 e. The number of amides is 1. The summed E-state index contributed by atoms with van der Waals surface area (Å²) in [7, 11) is -4.11. The number of carbonyl (C=O) groups excluding carboxylic acids is 1. The number of sulfonamides is 1. The Morgan fingerprint density at radius 1 is 1.19 bits per heavy atom.